The van der Waals surface area contributed by atoms with Crippen molar-refractivity contribution in [2.24, 2.45) is 0 Å². The molecule has 1 aromatic carbocycles. The molecule has 1 aliphatic heterocycles. The minimum atomic E-state index is -0.506. The zero-order valence-electron chi connectivity index (χ0n) is 10.5. The molecule has 1 heterocycles. The standard InChI is InChI=1S/C14H20O4/c15-7-2-1-4-12(16)11-5-6-13-14(10-11)18-9-3-8-17-13/h5-6,10,12,15-16H,1-4,7-9H2. The third-order valence-corrected chi connectivity index (χ3v) is 3.04. The van der Waals surface area contributed by atoms with E-state index in [1.807, 2.05) is 18.2 Å². The average molecular weight is 252 g/mol. The number of aliphatic hydroxyl groups excluding tert-OH is 2. The van der Waals surface area contributed by atoms with E-state index < -0.39 is 6.10 Å². The van der Waals surface area contributed by atoms with Gasteiger partial charge in [-0.2, -0.15) is 0 Å². The Morgan fingerprint density at radius 1 is 1.11 bits per heavy atom. The van der Waals surface area contributed by atoms with E-state index >= 15 is 0 Å². The van der Waals surface area contributed by atoms with E-state index in [2.05, 4.69) is 0 Å². The first-order valence-corrected chi connectivity index (χ1v) is 6.49. The van der Waals surface area contributed by atoms with Gasteiger partial charge in [0.05, 0.1) is 19.3 Å². The SMILES string of the molecule is OCCCCC(O)c1ccc2c(c1)OCCCO2. The van der Waals surface area contributed by atoms with Crippen LogP contribution in [0.2, 0.25) is 0 Å². The normalized spacial score (nSPS) is 16.1. The van der Waals surface area contributed by atoms with Gasteiger partial charge < -0.3 is 19.7 Å². The minimum absolute atomic E-state index is 0.174. The van der Waals surface area contributed by atoms with Crippen LogP contribution in [0.15, 0.2) is 18.2 Å². The lowest BCUT2D eigenvalue weighted by molar-refractivity contribution is 0.159. The topological polar surface area (TPSA) is 58.9 Å². The molecule has 0 radical (unpaired) electrons. The van der Waals surface area contributed by atoms with Crippen LogP contribution in [-0.4, -0.2) is 30.0 Å². The Balaban J connectivity index is 2.02. The van der Waals surface area contributed by atoms with E-state index in [1.165, 1.54) is 0 Å². The summed E-state index contributed by atoms with van der Waals surface area (Å²) in [6.45, 7) is 1.50. The second-order valence-electron chi connectivity index (χ2n) is 4.49. The van der Waals surface area contributed by atoms with Gasteiger partial charge in [-0.1, -0.05) is 6.07 Å². The predicted octanol–water partition coefficient (Wildman–Crippen LogP) is 2.04. The van der Waals surface area contributed by atoms with Gasteiger partial charge >= 0.3 is 0 Å². The largest absolute Gasteiger partial charge is 0.490 e. The molecule has 0 saturated carbocycles. The molecule has 0 aromatic heterocycles. The number of hydrogen-bond donors (Lipinski definition) is 2. The molecule has 1 aromatic rings. The molecule has 0 saturated heterocycles. The van der Waals surface area contributed by atoms with Gasteiger partial charge in [-0.05, 0) is 37.0 Å². The van der Waals surface area contributed by atoms with Crippen LogP contribution in [0.25, 0.3) is 0 Å². The molecule has 1 unspecified atom stereocenters. The molecule has 0 bridgehead atoms. The number of ether oxygens (including phenoxy) is 2. The Hall–Kier alpha value is -1.26. The molecule has 1 aliphatic rings. The summed E-state index contributed by atoms with van der Waals surface area (Å²) in [7, 11) is 0. The number of benzene rings is 1. The molecule has 2 N–H and O–H groups in total. The van der Waals surface area contributed by atoms with Crippen LogP contribution in [0.3, 0.4) is 0 Å². The summed E-state index contributed by atoms with van der Waals surface area (Å²) in [5, 5.41) is 18.8. The predicted molar refractivity (Wildman–Crippen MR) is 67.9 cm³/mol. The lowest BCUT2D eigenvalue weighted by Gasteiger charge is -2.13. The van der Waals surface area contributed by atoms with Crippen LogP contribution >= 0.6 is 0 Å². The maximum absolute atomic E-state index is 10.0. The molecule has 100 valence electrons. The van der Waals surface area contributed by atoms with Gasteiger partial charge in [0.1, 0.15) is 0 Å². The molecule has 2 rings (SSSR count). The van der Waals surface area contributed by atoms with Crippen LogP contribution in [0.4, 0.5) is 0 Å². The quantitative estimate of drug-likeness (QED) is 0.787. The summed E-state index contributed by atoms with van der Waals surface area (Å²) in [5.41, 5.74) is 0.845. The Morgan fingerprint density at radius 2 is 1.89 bits per heavy atom. The zero-order valence-corrected chi connectivity index (χ0v) is 10.5. The molecule has 18 heavy (non-hydrogen) atoms. The highest BCUT2D eigenvalue weighted by molar-refractivity contribution is 5.44. The van der Waals surface area contributed by atoms with Gasteiger partial charge in [-0.3, -0.25) is 0 Å². The molecule has 0 aliphatic carbocycles. The molecule has 1 atom stereocenters. The first kappa shape index (κ1) is 13.2. The summed E-state index contributed by atoms with van der Waals surface area (Å²) in [5.74, 6) is 1.46. The van der Waals surface area contributed by atoms with Crippen LogP contribution in [0, 0.1) is 0 Å². The zero-order chi connectivity index (χ0) is 12.8. The van der Waals surface area contributed by atoms with E-state index in [-0.39, 0.29) is 6.61 Å². The third-order valence-electron chi connectivity index (χ3n) is 3.04. The van der Waals surface area contributed by atoms with Gasteiger partial charge in [0.25, 0.3) is 0 Å². The van der Waals surface area contributed by atoms with Crippen molar-refractivity contribution >= 4 is 0 Å². The van der Waals surface area contributed by atoms with Crippen LogP contribution in [0.1, 0.15) is 37.4 Å². The maximum Gasteiger partial charge on any atom is 0.161 e. The minimum Gasteiger partial charge on any atom is -0.490 e. The van der Waals surface area contributed by atoms with Crippen molar-refractivity contribution < 1.29 is 19.7 Å². The average Bonchev–Trinajstić information content (AvgIpc) is 2.63. The Bertz CT molecular complexity index is 378. The molecule has 4 heteroatoms. The van der Waals surface area contributed by atoms with Gasteiger partial charge in [-0.15, -0.1) is 0 Å². The first-order chi connectivity index (χ1) is 8.81. The van der Waals surface area contributed by atoms with Crippen LogP contribution < -0.4 is 9.47 Å². The number of rotatable bonds is 5. The highest BCUT2D eigenvalue weighted by Gasteiger charge is 2.14. The van der Waals surface area contributed by atoms with E-state index in [4.69, 9.17) is 14.6 Å². The van der Waals surface area contributed by atoms with Crippen molar-refractivity contribution in [3.8, 4) is 11.5 Å². The van der Waals surface area contributed by atoms with Crippen molar-refractivity contribution in [2.45, 2.75) is 31.8 Å². The summed E-state index contributed by atoms with van der Waals surface area (Å²) >= 11 is 0. The van der Waals surface area contributed by atoms with Crippen molar-refractivity contribution in [3.63, 3.8) is 0 Å². The Kier molecular flexibility index (Phi) is 4.84. The third kappa shape index (κ3) is 3.37. The van der Waals surface area contributed by atoms with E-state index in [0.717, 1.165) is 30.6 Å². The van der Waals surface area contributed by atoms with E-state index in [1.54, 1.807) is 0 Å². The number of aliphatic hydroxyl groups is 2. The van der Waals surface area contributed by atoms with Crippen molar-refractivity contribution in [2.75, 3.05) is 19.8 Å². The fourth-order valence-electron chi connectivity index (χ4n) is 2.00. The summed E-state index contributed by atoms with van der Waals surface area (Å²) < 4.78 is 11.1. The molecule has 0 spiro atoms. The lowest BCUT2D eigenvalue weighted by atomic mass is 10.0. The van der Waals surface area contributed by atoms with Crippen LogP contribution in [-0.2, 0) is 0 Å². The molecule has 0 amide bonds. The molecule has 0 fully saturated rings. The summed E-state index contributed by atoms with van der Waals surface area (Å²) in [6.07, 6.45) is 2.56. The molecule has 4 nitrogen and oxygen atoms in total. The van der Waals surface area contributed by atoms with Crippen LogP contribution in [0.5, 0.6) is 11.5 Å². The summed E-state index contributed by atoms with van der Waals surface area (Å²) in [6, 6.07) is 5.58. The van der Waals surface area contributed by atoms with E-state index in [9.17, 15) is 5.11 Å². The second kappa shape index (κ2) is 6.61. The number of hydrogen-bond acceptors (Lipinski definition) is 4. The maximum atomic E-state index is 10.0. The highest BCUT2D eigenvalue weighted by Crippen LogP contribution is 2.33. The van der Waals surface area contributed by atoms with Crippen molar-refractivity contribution in [3.05, 3.63) is 23.8 Å². The lowest BCUT2D eigenvalue weighted by Crippen LogP contribution is -2.00. The second-order valence-corrected chi connectivity index (χ2v) is 4.49. The fraction of sp³-hybridized carbons (Fsp3) is 0.571. The van der Waals surface area contributed by atoms with Crippen molar-refractivity contribution in [1.29, 1.82) is 0 Å². The van der Waals surface area contributed by atoms with Gasteiger partial charge in [-0.25, -0.2) is 0 Å². The van der Waals surface area contributed by atoms with Gasteiger partial charge in [0.15, 0.2) is 11.5 Å². The Morgan fingerprint density at radius 3 is 2.67 bits per heavy atom. The molecular weight excluding hydrogens is 232 g/mol. The Labute approximate surface area is 107 Å². The summed E-state index contributed by atoms with van der Waals surface area (Å²) in [4.78, 5) is 0. The fourth-order valence-corrected chi connectivity index (χ4v) is 2.00. The first-order valence-electron chi connectivity index (χ1n) is 6.49. The smallest absolute Gasteiger partial charge is 0.161 e. The van der Waals surface area contributed by atoms with Gasteiger partial charge in [0, 0.05) is 13.0 Å². The number of fused-ring (bicyclic) bond motifs is 1. The monoisotopic (exact) mass is 252 g/mol. The molecular formula is C14H20O4. The van der Waals surface area contributed by atoms with E-state index in [0.29, 0.717) is 25.4 Å². The van der Waals surface area contributed by atoms with Crippen molar-refractivity contribution in [1.82, 2.24) is 0 Å². The highest BCUT2D eigenvalue weighted by atomic mass is 16.5. The van der Waals surface area contributed by atoms with Gasteiger partial charge in [0.2, 0.25) is 0 Å². The number of unbranched alkanes of at least 4 members (excludes halogenated alkanes) is 1.